The molecule has 1 aliphatic carbocycles. The van der Waals surface area contributed by atoms with E-state index in [4.69, 9.17) is 5.73 Å². The van der Waals surface area contributed by atoms with Gasteiger partial charge in [-0.2, -0.15) is 0 Å². The summed E-state index contributed by atoms with van der Waals surface area (Å²) in [6.45, 7) is 0.752. The quantitative estimate of drug-likeness (QED) is 0.804. The molecule has 1 nitrogen and oxygen atoms in total. The van der Waals surface area contributed by atoms with Gasteiger partial charge in [-0.3, -0.25) is 0 Å². The first-order valence-electron chi connectivity index (χ1n) is 7.24. The highest BCUT2D eigenvalue weighted by Crippen LogP contribution is 2.30. The van der Waals surface area contributed by atoms with Gasteiger partial charge in [-0.15, -0.1) is 0 Å². The van der Waals surface area contributed by atoms with Crippen molar-refractivity contribution in [2.45, 2.75) is 44.9 Å². The van der Waals surface area contributed by atoms with Crippen molar-refractivity contribution in [1.29, 1.82) is 0 Å². The van der Waals surface area contributed by atoms with Crippen LogP contribution < -0.4 is 5.73 Å². The van der Waals surface area contributed by atoms with Crippen LogP contribution in [0.25, 0.3) is 0 Å². The van der Waals surface area contributed by atoms with Crippen LogP contribution in [0.1, 0.15) is 44.1 Å². The van der Waals surface area contributed by atoms with Gasteiger partial charge in [-0.1, -0.05) is 50.7 Å². The molecule has 2 rings (SSSR count). The largest absolute Gasteiger partial charge is 0.330 e. The molecule has 0 amide bonds. The molecule has 1 unspecified atom stereocenters. The maximum absolute atomic E-state index is 12.9. The van der Waals surface area contributed by atoms with E-state index >= 15 is 0 Å². The first-order valence-corrected chi connectivity index (χ1v) is 7.24. The van der Waals surface area contributed by atoms with Gasteiger partial charge in [0.05, 0.1) is 0 Å². The summed E-state index contributed by atoms with van der Waals surface area (Å²) in [4.78, 5) is 0. The summed E-state index contributed by atoms with van der Waals surface area (Å²) in [5.41, 5.74) is 7.18. The van der Waals surface area contributed by atoms with Crippen LogP contribution in [-0.2, 0) is 6.42 Å². The molecule has 0 heterocycles. The summed E-state index contributed by atoms with van der Waals surface area (Å²) in [5, 5.41) is 0. The second kappa shape index (κ2) is 6.89. The molecular formula is C16H24FN. The molecule has 0 saturated heterocycles. The highest BCUT2D eigenvalue weighted by molar-refractivity contribution is 5.16. The molecule has 1 fully saturated rings. The molecule has 0 bridgehead atoms. The van der Waals surface area contributed by atoms with Crippen molar-refractivity contribution in [2.75, 3.05) is 6.54 Å². The van der Waals surface area contributed by atoms with Crippen LogP contribution in [0, 0.1) is 17.7 Å². The van der Waals surface area contributed by atoms with Crippen molar-refractivity contribution in [3.8, 4) is 0 Å². The summed E-state index contributed by atoms with van der Waals surface area (Å²) in [6.07, 6.45) is 9.11. The topological polar surface area (TPSA) is 26.0 Å². The molecule has 1 aromatic carbocycles. The van der Waals surface area contributed by atoms with Crippen molar-refractivity contribution in [3.05, 3.63) is 35.6 Å². The molecule has 1 aromatic rings. The maximum Gasteiger partial charge on any atom is 0.123 e. The number of nitrogens with two attached hydrogens (primary N) is 1. The monoisotopic (exact) mass is 249 g/mol. The van der Waals surface area contributed by atoms with Gasteiger partial charge in [0.1, 0.15) is 5.82 Å². The Bertz CT molecular complexity index is 339. The number of hydrogen-bond acceptors (Lipinski definition) is 1. The standard InChI is InChI=1S/C16H24FN/c17-16-9-7-13(8-10-16)11-15(12-18)14-5-3-1-2-4-6-14/h7-10,14-15H,1-6,11-12,18H2. The Balaban J connectivity index is 1.97. The van der Waals surface area contributed by atoms with Crippen molar-refractivity contribution >= 4 is 0 Å². The third-order valence-electron chi connectivity index (χ3n) is 4.28. The third-order valence-corrected chi connectivity index (χ3v) is 4.28. The Morgan fingerprint density at radius 1 is 1.06 bits per heavy atom. The van der Waals surface area contributed by atoms with E-state index in [2.05, 4.69) is 0 Å². The minimum absolute atomic E-state index is 0.155. The van der Waals surface area contributed by atoms with Crippen LogP contribution in [0.2, 0.25) is 0 Å². The van der Waals surface area contributed by atoms with Crippen LogP contribution >= 0.6 is 0 Å². The average molecular weight is 249 g/mol. The zero-order valence-electron chi connectivity index (χ0n) is 11.1. The zero-order chi connectivity index (χ0) is 12.8. The molecule has 0 spiro atoms. The van der Waals surface area contributed by atoms with Gasteiger partial charge < -0.3 is 5.73 Å². The predicted octanol–water partition coefficient (Wildman–Crippen LogP) is 3.91. The van der Waals surface area contributed by atoms with Gasteiger partial charge in [0.25, 0.3) is 0 Å². The highest BCUT2D eigenvalue weighted by atomic mass is 19.1. The summed E-state index contributed by atoms with van der Waals surface area (Å²) in [5.74, 6) is 1.17. The number of halogens is 1. The smallest absolute Gasteiger partial charge is 0.123 e. The molecule has 0 aromatic heterocycles. The van der Waals surface area contributed by atoms with Gasteiger partial charge in [-0.25, -0.2) is 4.39 Å². The lowest BCUT2D eigenvalue weighted by Crippen LogP contribution is -2.25. The second-order valence-electron chi connectivity index (χ2n) is 5.58. The number of hydrogen-bond donors (Lipinski definition) is 1. The lowest BCUT2D eigenvalue weighted by Gasteiger charge is -2.25. The lowest BCUT2D eigenvalue weighted by molar-refractivity contribution is 0.302. The van der Waals surface area contributed by atoms with Crippen LogP contribution in [0.15, 0.2) is 24.3 Å². The van der Waals surface area contributed by atoms with Gasteiger partial charge in [0.2, 0.25) is 0 Å². The zero-order valence-corrected chi connectivity index (χ0v) is 11.1. The molecule has 1 atom stereocenters. The van der Waals surface area contributed by atoms with E-state index in [-0.39, 0.29) is 5.82 Å². The first kappa shape index (κ1) is 13.5. The Labute approximate surface area is 110 Å². The lowest BCUT2D eigenvalue weighted by atomic mass is 9.82. The van der Waals surface area contributed by atoms with Gasteiger partial charge in [-0.05, 0) is 42.5 Å². The molecule has 1 saturated carbocycles. The van der Waals surface area contributed by atoms with Crippen LogP contribution in [0.3, 0.4) is 0 Å². The number of benzene rings is 1. The molecule has 0 radical (unpaired) electrons. The van der Waals surface area contributed by atoms with Gasteiger partial charge >= 0.3 is 0 Å². The molecule has 1 aliphatic rings. The minimum atomic E-state index is -0.155. The van der Waals surface area contributed by atoms with Crippen LogP contribution in [0.4, 0.5) is 4.39 Å². The molecule has 18 heavy (non-hydrogen) atoms. The minimum Gasteiger partial charge on any atom is -0.330 e. The summed E-state index contributed by atoms with van der Waals surface area (Å²) < 4.78 is 12.9. The van der Waals surface area contributed by atoms with E-state index in [0.717, 1.165) is 18.9 Å². The third kappa shape index (κ3) is 3.81. The van der Waals surface area contributed by atoms with E-state index in [0.29, 0.717) is 5.92 Å². The Hall–Kier alpha value is -0.890. The molecule has 2 heteroatoms. The fraction of sp³-hybridized carbons (Fsp3) is 0.625. The number of rotatable bonds is 4. The van der Waals surface area contributed by atoms with Crippen LogP contribution in [0.5, 0.6) is 0 Å². The Morgan fingerprint density at radius 2 is 1.67 bits per heavy atom. The van der Waals surface area contributed by atoms with Crippen molar-refractivity contribution < 1.29 is 4.39 Å². The second-order valence-corrected chi connectivity index (χ2v) is 5.58. The van der Waals surface area contributed by atoms with Crippen molar-refractivity contribution in [2.24, 2.45) is 17.6 Å². The Kier molecular flexibility index (Phi) is 5.18. The molecule has 2 N–H and O–H groups in total. The molecule has 0 aliphatic heterocycles. The average Bonchev–Trinajstić information content (AvgIpc) is 2.67. The SMILES string of the molecule is NCC(Cc1ccc(F)cc1)C1CCCCCC1. The Morgan fingerprint density at radius 3 is 2.22 bits per heavy atom. The van der Waals surface area contributed by atoms with E-state index in [1.807, 2.05) is 12.1 Å². The van der Waals surface area contributed by atoms with Crippen molar-refractivity contribution in [3.63, 3.8) is 0 Å². The summed E-state index contributed by atoms with van der Waals surface area (Å²) in [6, 6.07) is 6.90. The highest BCUT2D eigenvalue weighted by Gasteiger charge is 2.21. The maximum atomic E-state index is 12.9. The van der Waals surface area contributed by atoms with Gasteiger partial charge in [0, 0.05) is 0 Å². The fourth-order valence-corrected chi connectivity index (χ4v) is 3.15. The summed E-state index contributed by atoms with van der Waals surface area (Å²) >= 11 is 0. The van der Waals surface area contributed by atoms with E-state index in [9.17, 15) is 4.39 Å². The predicted molar refractivity (Wildman–Crippen MR) is 73.8 cm³/mol. The van der Waals surface area contributed by atoms with Crippen LogP contribution in [-0.4, -0.2) is 6.54 Å². The van der Waals surface area contributed by atoms with E-state index < -0.39 is 0 Å². The first-order chi connectivity index (χ1) is 8.79. The van der Waals surface area contributed by atoms with Gasteiger partial charge in [0.15, 0.2) is 0 Å². The van der Waals surface area contributed by atoms with E-state index in [1.165, 1.54) is 44.1 Å². The van der Waals surface area contributed by atoms with E-state index in [1.54, 1.807) is 12.1 Å². The fourth-order valence-electron chi connectivity index (χ4n) is 3.15. The molecule has 100 valence electrons. The normalized spacial score (nSPS) is 19.4. The molecular weight excluding hydrogens is 225 g/mol. The van der Waals surface area contributed by atoms with Crippen molar-refractivity contribution in [1.82, 2.24) is 0 Å². The summed E-state index contributed by atoms with van der Waals surface area (Å²) in [7, 11) is 0.